The lowest BCUT2D eigenvalue weighted by Crippen LogP contribution is -2.41. The van der Waals surface area contributed by atoms with Crippen molar-refractivity contribution in [3.63, 3.8) is 0 Å². The van der Waals surface area contributed by atoms with E-state index in [1.165, 1.54) is 30.3 Å². The maximum absolute atomic E-state index is 13.3. The highest BCUT2D eigenvalue weighted by atomic mass is 35.5. The Morgan fingerprint density at radius 3 is 2.21 bits per heavy atom. The first kappa shape index (κ1) is 24.9. The molecule has 0 spiro atoms. The summed E-state index contributed by atoms with van der Waals surface area (Å²) in [6.07, 6.45) is 1.46. The Morgan fingerprint density at radius 2 is 1.61 bits per heavy atom. The van der Waals surface area contributed by atoms with Gasteiger partial charge in [0.1, 0.15) is 12.3 Å². The van der Waals surface area contributed by atoms with E-state index in [9.17, 15) is 13.2 Å². The quantitative estimate of drug-likeness (QED) is 0.394. The van der Waals surface area contributed by atoms with Gasteiger partial charge in [-0.3, -0.25) is 9.10 Å². The molecule has 33 heavy (non-hydrogen) atoms. The molecule has 0 heterocycles. The van der Waals surface area contributed by atoms with Gasteiger partial charge in [-0.25, -0.2) is 8.42 Å². The van der Waals surface area contributed by atoms with E-state index < -0.39 is 22.5 Å². The Kier molecular flexibility index (Phi) is 8.61. The second-order valence-corrected chi connectivity index (χ2v) is 9.99. The van der Waals surface area contributed by atoms with Crippen LogP contribution in [-0.4, -0.2) is 34.5 Å². The molecule has 0 saturated carbocycles. The van der Waals surface area contributed by atoms with Crippen molar-refractivity contribution in [3.8, 4) is 5.75 Å². The summed E-state index contributed by atoms with van der Waals surface area (Å²) in [5.41, 5.74) is 1.33. The topological polar surface area (TPSA) is 75.7 Å². The first-order valence-electron chi connectivity index (χ1n) is 10.2. The summed E-state index contributed by atoms with van der Waals surface area (Å²) in [6, 6.07) is 20.0. The van der Waals surface area contributed by atoms with E-state index in [4.69, 9.17) is 27.9 Å². The third-order valence-corrected chi connectivity index (χ3v) is 7.10. The first-order valence-corrected chi connectivity index (χ1v) is 12.4. The number of anilines is 1. The molecule has 6 nitrogen and oxygen atoms in total. The minimum Gasteiger partial charge on any atom is -0.497 e. The normalized spacial score (nSPS) is 11.1. The number of ether oxygens (including phenoxy) is 1. The third-order valence-electron chi connectivity index (χ3n) is 4.88. The van der Waals surface area contributed by atoms with Gasteiger partial charge in [0, 0.05) is 16.6 Å². The van der Waals surface area contributed by atoms with Gasteiger partial charge in [-0.1, -0.05) is 53.5 Å². The van der Waals surface area contributed by atoms with Gasteiger partial charge in [0.15, 0.2) is 0 Å². The fourth-order valence-electron chi connectivity index (χ4n) is 3.22. The Hall–Kier alpha value is -2.74. The molecule has 0 atom stereocenters. The molecule has 174 valence electrons. The number of carbonyl (C=O) groups is 1. The van der Waals surface area contributed by atoms with Crippen LogP contribution in [0.5, 0.6) is 5.75 Å². The lowest BCUT2D eigenvalue weighted by atomic mass is 10.1. The summed E-state index contributed by atoms with van der Waals surface area (Å²) < 4.78 is 32.8. The summed E-state index contributed by atoms with van der Waals surface area (Å²) in [5.74, 6) is 0.355. The lowest BCUT2D eigenvalue weighted by molar-refractivity contribution is -0.119. The van der Waals surface area contributed by atoms with Gasteiger partial charge in [0.25, 0.3) is 10.0 Å². The standard InChI is InChI=1S/C24H24Cl2N2O4S/c1-32-22-11-9-18(10-12-22)6-5-13-27-24(29)17-28(21-15-19(25)14-20(26)16-21)33(30,31)23-7-3-2-4-8-23/h2-4,7-12,14-16H,5-6,13,17H2,1H3,(H,27,29). The van der Waals surface area contributed by atoms with Crippen molar-refractivity contribution in [2.24, 2.45) is 0 Å². The predicted molar refractivity (Wildman–Crippen MR) is 132 cm³/mol. The molecule has 0 fully saturated rings. The summed E-state index contributed by atoms with van der Waals surface area (Å²) in [7, 11) is -2.41. The molecule has 0 aliphatic carbocycles. The van der Waals surface area contributed by atoms with Crippen molar-refractivity contribution in [1.82, 2.24) is 5.32 Å². The molecule has 0 radical (unpaired) electrons. The lowest BCUT2D eigenvalue weighted by Gasteiger charge is -2.24. The molecule has 0 aliphatic rings. The van der Waals surface area contributed by atoms with Crippen molar-refractivity contribution < 1.29 is 17.9 Å². The van der Waals surface area contributed by atoms with Crippen LogP contribution in [-0.2, 0) is 21.2 Å². The predicted octanol–water partition coefficient (Wildman–Crippen LogP) is 4.95. The van der Waals surface area contributed by atoms with Crippen LogP contribution in [0.4, 0.5) is 5.69 Å². The fourth-order valence-corrected chi connectivity index (χ4v) is 5.16. The van der Waals surface area contributed by atoms with Crippen molar-refractivity contribution in [3.05, 3.63) is 88.4 Å². The average Bonchev–Trinajstić information content (AvgIpc) is 2.80. The van der Waals surface area contributed by atoms with E-state index in [0.29, 0.717) is 13.0 Å². The fraction of sp³-hybridized carbons (Fsp3) is 0.208. The minimum absolute atomic E-state index is 0.0633. The van der Waals surface area contributed by atoms with Gasteiger partial charge in [-0.2, -0.15) is 0 Å². The molecule has 3 aromatic rings. The van der Waals surface area contributed by atoms with Gasteiger partial charge in [-0.15, -0.1) is 0 Å². The first-order chi connectivity index (χ1) is 15.8. The molecule has 0 saturated heterocycles. The second-order valence-electron chi connectivity index (χ2n) is 7.25. The number of hydrogen-bond acceptors (Lipinski definition) is 4. The van der Waals surface area contributed by atoms with Crippen molar-refractivity contribution in [2.75, 3.05) is 24.5 Å². The molecule has 3 rings (SSSR count). The summed E-state index contributed by atoms with van der Waals surface area (Å²) in [4.78, 5) is 12.7. The van der Waals surface area contributed by atoms with Crippen LogP contribution in [0.2, 0.25) is 10.0 Å². The van der Waals surface area contributed by atoms with Crippen LogP contribution in [0.3, 0.4) is 0 Å². The minimum atomic E-state index is -4.02. The third kappa shape index (κ3) is 6.87. The van der Waals surface area contributed by atoms with E-state index in [1.807, 2.05) is 24.3 Å². The number of sulfonamides is 1. The number of nitrogens with one attached hydrogen (secondary N) is 1. The van der Waals surface area contributed by atoms with E-state index in [-0.39, 0.29) is 20.6 Å². The van der Waals surface area contributed by atoms with Crippen LogP contribution in [0.15, 0.2) is 77.7 Å². The van der Waals surface area contributed by atoms with Crippen molar-refractivity contribution in [2.45, 2.75) is 17.7 Å². The zero-order valence-corrected chi connectivity index (χ0v) is 20.3. The Morgan fingerprint density at radius 1 is 0.970 bits per heavy atom. The zero-order chi connectivity index (χ0) is 23.8. The molecule has 0 unspecified atom stereocenters. The van der Waals surface area contributed by atoms with E-state index in [1.54, 1.807) is 25.3 Å². The van der Waals surface area contributed by atoms with Gasteiger partial charge < -0.3 is 10.1 Å². The van der Waals surface area contributed by atoms with Crippen LogP contribution in [0.1, 0.15) is 12.0 Å². The highest BCUT2D eigenvalue weighted by molar-refractivity contribution is 7.92. The maximum Gasteiger partial charge on any atom is 0.264 e. The summed E-state index contributed by atoms with van der Waals surface area (Å²) in [6.45, 7) is -0.00315. The molecule has 0 aliphatic heterocycles. The van der Waals surface area contributed by atoms with Crippen molar-refractivity contribution >= 4 is 44.8 Å². The Bertz CT molecular complexity index is 1170. The van der Waals surface area contributed by atoms with E-state index in [2.05, 4.69) is 5.32 Å². The smallest absolute Gasteiger partial charge is 0.264 e. The molecule has 9 heteroatoms. The average molecular weight is 507 g/mol. The number of carbonyl (C=O) groups excluding carboxylic acids is 1. The van der Waals surface area contributed by atoms with Gasteiger partial charge in [0.05, 0.1) is 17.7 Å². The molecule has 0 bridgehead atoms. The monoisotopic (exact) mass is 506 g/mol. The largest absolute Gasteiger partial charge is 0.497 e. The van der Waals surface area contributed by atoms with Crippen LogP contribution in [0.25, 0.3) is 0 Å². The van der Waals surface area contributed by atoms with Gasteiger partial charge in [0.2, 0.25) is 5.91 Å². The number of rotatable bonds is 10. The van der Waals surface area contributed by atoms with Crippen LogP contribution >= 0.6 is 23.2 Å². The van der Waals surface area contributed by atoms with Gasteiger partial charge in [-0.05, 0) is 60.9 Å². The molecular formula is C24H24Cl2N2O4S. The number of methoxy groups -OCH3 is 1. The Balaban J connectivity index is 1.69. The second kappa shape index (κ2) is 11.4. The number of amides is 1. The number of halogens is 2. The molecule has 1 amide bonds. The summed E-state index contributed by atoms with van der Waals surface area (Å²) >= 11 is 12.2. The number of nitrogens with zero attached hydrogens (tertiary/aromatic N) is 1. The van der Waals surface area contributed by atoms with E-state index >= 15 is 0 Å². The number of aryl methyl sites for hydroxylation is 1. The SMILES string of the molecule is COc1ccc(CCCNC(=O)CN(c2cc(Cl)cc(Cl)c2)S(=O)(=O)c2ccccc2)cc1. The van der Waals surface area contributed by atoms with Crippen LogP contribution in [0, 0.1) is 0 Å². The Labute approximate surface area is 204 Å². The number of hydrogen-bond donors (Lipinski definition) is 1. The highest BCUT2D eigenvalue weighted by Gasteiger charge is 2.27. The van der Waals surface area contributed by atoms with E-state index in [0.717, 1.165) is 22.0 Å². The molecule has 0 aromatic heterocycles. The molecular weight excluding hydrogens is 483 g/mol. The van der Waals surface area contributed by atoms with Crippen molar-refractivity contribution in [1.29, 1.82) is 0 Å². The number of benzene rings is 3. The summed E-state index contributed by atoms with van der Waals surface area (Å²) in [5, 5.41) is 3.33. The molecule has 1 N–H and O–H groups in total. The zero-order valence-electron chi connectivity index (χ0n) is 18.0. The van der Waals surface area contributed by atoms with Gasteiger partial charge >= 0.3 is 0 Å². The molecule has 3 aromatic carbocycles. The van der Waals surface area contributed by atoms with Crippen LogP contribution < -0.4 is 14.4 Å². The highest BCUT2D eigenvalue weighted by Crippen LogP contribution is 2.29. The maximum atomic E-state index is 13.3.